The third-order valence-electron chi connectivity index (χ3n) is 2.88. The molecule has 3 nitrogen and oxygen atoms in total. The lowest BCUT2D eigenvalue weighted by Crippen LogP contribution is -2.23. The van der Waals surface area contributed by atoms with Crippen LogP contribution in [-0.2, 0) is 6.54 Å². The van der Waals surface area contributed by atoms with Gasteiger partial charge in [-0.3, -0.25) is 4.79 Å². The number of ether oxygens (including phenoxy) is 1. The molecule has 2 aromatic carbocycles. The van der Waals surface area contributed by atoms with Crippen LogP contribution >= 0.6 is 11.6 Å². The zero-order chi connectivity index (χ0) is 15.2. The second-order valence-corrected chi connectivity index (χ2v) is 4.75. The number of rotatable bonds is 5. The number of carbonyl (C=O) groups is 1. The second-order valence-electron chi connectivity index (χ2n) is 4.35. The first kappa shape index (κ1) is 15.3. The summed E-state index contributed by atoms with van der Waals surface area (Å²) in [5.41, 5.74) is 0.964. The molecule has 0 saturated heterocycles. The largest absolute Gasteiger partial charge is 0.494 e. The van der Waals surface area contributed by atoms with E-state index in [1.54, 1.807) is 0 Å². The van der Waals surface area contributed by atoms with Crippen LogP contribution in [0.3, 0.4) is 0 Å². The van der Waals surface area contributed by atoms with Gasteiger partial charge < -0.3 is 10.1 Å². The molecule has 2 rings (SSSR count). The SMILES string of the molecule is CCOc1ccccc1CNC(=O)c1cc(F)ccc1Cl. The van der Waals surface area contributed by atoms with E-state index in [9.17, 15) is 9.18 Å². The fraction of sp³-hybridized carbons (Fsp3) is 0.188. The molecule has 2 aromatic rings. The third kappa shape index (κ3) is 3.95. The molecule has 0 saturated carbocycles. The normalized spacial score (nSPS) is 10.2. The molecule has 1 N–H and O–H groups in total. The molecule has 0 fully saturated rings. The molecule has 110 valence electrons. The van der Waals surface area contributed by atoms with E-state index in [4.69, 9.17) is 16.3 Å². The predicted octanol–water partition coefficient (Wildman–Crippen LogP) is 3.81. The standard InChI is InChI=1S/C16H15ClFNO2/c1-2-21-15-6-4-3-5-11(15)10-19-16(20)13-9-12(18)7-8-14(13)17/h3-9H,2,10H2,1H3,(H,19,20). The average molecular weight is 308 g/mol. The lowest BCUT2D eigenvalue weighted by Gasteiger charge is -2.11. The highest BCUT2D eigenvalue weighted by molar-refractivity contribution is 6.33. The molecule has 0 spiro atoms. The maximum atomic E-state index is 13.2. The zero-order valence-electron chi connectivity index (χ0n) is 11.5. The number of halogens is 2. The number of para-hydroxylation sites is 1. The van der Waals surface area contributed by atoms with Crippen molar-refractivity contribution in [3.05, 3.63) is 64.4 Å². The van der Waals surface area contributed by atoms with E-state index in [1.165, 1.54) is 12.1 Å². The molecule has 0 aliphatic heterocycles. The highest BCUT2D eigenvalue weighted by atomic mass is 35.5. The number of hydrogen-bond donors (Lipinski definition) is 1. The molecule has 0 radical (unpaired) electrons. The quantitative estimate of drug-likeness (QED) is 0.912. The molecule has 5 heteroatoms. The Morgan fingerprint density at radius 3 is 2.81 bits per heavy atom. The van der Waals surface area contributed by atoms with E-state index in [0.717, 1.165) is 11.6 Å². The lowest BCUT2D eigenvalue weighted by molar-refractivity contribution is 0.0950. The molecule has 0 aliphatic rings. The van der Waals surface area contributed by atoms with Crippen LogP contribution in [0.25, 0.3) is 0 Å². The van der Waals surface area contributed by atoms with Crippen molar-refractivity contribution >= 4 is 17.5 Å². The predicted molar refractivity (Wildman–Crippen MR) is 80.2 cm³/mol. The first-order valence-corrected chi connectivity index (χ1v) is 6.93. The van der Waals surface area contributed by atoms with E-state index in [0.29, 0.717) is 12.4 Å². The highest BCUT2D eigenvalue weighted by Crippen LogP contribution is 2.19. The highest BCUT2D eigenvalue weighted by Gasteiger charge is 2.12. The summed E-state index contributed by atoms with van der Waals surface area (Å²) < 4.78 is 18.7. The summed E-state index contributed by atoms with van der Waals surface area (Å²) in [6, 6.07) is 11.1. The van der Waals surface area contributed by atoms with Gasteiger partial charge in [0.15, 0.2) is 0 Å². The maximum Gasteiger partial charge on any atom is 0.253 e. The first-order valence-electron chi connectivity index (χ1n) is 6.55. The number of nitrogens with one attached hydrogen (secondary N) is 1. The van der Waals surface area contributed by atoms with Crippen molar-refractivity contribution in [2.24, 2.45) is 0 Å². The second kappa shape index (κ2) is 7.09. The molecule has 21 heavy (non-hydrogen) atoms. The third-order valence-corrected chi connectivity index (χ3v) is 3.21. The Morgan fingerprint density at radius 1 is 1.29 bits per heavy atom. The van der Waals surface area contributed by atoms with Crippen molar-refractivity contribution < 1.29 is 13.9 Å². The van der Waals surface area contributed by atoms with E-state index in [-0.39, 0.29) is 17.1 Å². The molecule has 1 amide bonds. The fourth-order valence-electron chi connectivity index (χ4n) is 1.89. The van der Waals surface area contributed by atoms with Crippen molar-refractivity contribution in [2.45, 2.75) is 13.5 Å². The Hall–Kier alpha value is -2.07. The van der Waals surface area contributed by atoms with Crippen LogP contribution in [0.15, 0.2) is 42.5 Å². The van der Waals surface area contributed by atoms with Gasteiger partial charge in [0.25, 0.3) is 5.91 Å². The number of hydrogen-bond acceptors (Lipinski definition) is 2. The van der Waals surface area contributed by atoms with Gasteiger partial charge in [0.1, 0.15) is 11.6 Å². The zero-order valence-corrected chi connectivity index (χ0v) is 12.3. The van der Waals surface area contributed by atoms with E-state index in [2.05, 4.69) is 5.32 Å². The number of benzene rings is 2. The van der Waals surface area contributed by atoms with Gasteiger partial charge in [-0.15, -0.1) is 0 Å². The van der Waals surface area contributed by atoms with E-state index < -0.39 is 11.7 Å². The van der Waals surface area contributed by atoms with Gasteiger partial charge >= 0.3 is 0 Å². The van der Waals surface area contributed by atoms with Gasteiger partial charge in [-0.05, 0) is 31.2 Å². The van der Waals surface area contributed by atoms with Gasteiger partial charge in [0.05, 0.1) is 17.2 Å². The minimum atomic E-state index is -0.501. The van der Waals surface area contributed by atoms with Crippen LogP contribution in [-0.4, -0.2) is 12.5 Å². The van der Waals surface area contributed by atoms with Crippen LogP contribution in [0.4, 0.5) is 4.39 Å². The summed E-state index contributed by atoms with van der Waals surface area (Å²) in [7, 11) is 0. The summed E-state index contributed by atoms with van der Waals surface area (Å²) in [5.74, 6) is -0.212. The minimum absolute atomic E-state index is 0.116. The van der Waals surface area contributed by atoms with Gasteiger partial charge in [0.2, 0.25) is 0 Å². The topological polar surface area (TPSA) is 38.3 Å². The van der Waals surface area contributed by atoms with Gasteiger partial charge in [-0.1, -0.05) is 29.8 Å². The lowest BCUT2D eigenvalue weighted by atomic mass is 10.1. The van der Waals surface area contributed by atoms with Crippen molar-refractivity contribution in [2.75, 3.05) is 6.61 Å². The molecule has 0 aromatic heterocycles. The monoisotopic (exact) mass is 307 g/mol. The smallest absolute Gasteiger partial charge is 0.253 e. The average Bonchev–Trinajstić information content (AvgIpc) is 2.49. The summed E-state index contributed by atoms with van der Waals surface area (Å²) >= 11 is 5.90. The molecule has 0 unspecified atom stereocenters. The molecule has 0 bridgehead atoms. The van der Waals surface area contributed by atoms with Crippen LogP contribution in [0.5, 0.6) is 5.75 Å². The molecule has 0 heterocycles. The van der Waals surface area contributed by atoms with Gasteiger partial charge in [0, 0.05) is 12.1 Å². The minimum Gasteiger partial charge on any atom is -0.494 e. The van der Waals surface area contributed by atoms with Crippen molar-refractivity contribution in [1.29, 1.82) is 0 Å². The Bertz CT molecular complexity index is 646. The van der Waals surface area contributed by atoms with Crippen LogP contribution < -0.4 is 10.1 Å². The van der Waals surface area contributed by atoms with Crippen molar-refractivity contribution in [3.63, 3.8) is 0 Å². The Kier molecular flexibility index (Phi) is 5.17. The molecule has 0 aliphatic carbocycles. The van der Waals surface area contributed by atoms with Crippen LogP contribution in [0, 0.1) is 5.82 Å². The summed E-state index contributed by atoms with van der Waals surface area (Å²) in [6.07, 6.45) is 0. The number of carbonyl (C=O) groups excluding carboxylic acids is 1. The Morgan fingerprint density at radius 2 is 2.05 bits per heavy atom. The van der Waals surface area contributed by atoms with Crippen LogP contribution in [0.2, 0.25) is 5.02 Å². The summed E-state index contributed by atoms with van der Waals surface area (Å²) in [5, 5.41) is 2.93. The summed E-state index contributed by atoms with van der Waals surface area (Å²) in [6.45, 7) is 2.71. The van der Waals surface area contributed by atoms with Crippen molar-refractivity contribution in [3.8, 4) is 5.75 Å². The van der Waals surface area contributed by atoms with E-state index >= 15 is 0 Å². The van der Waals surface area contributed by atoms with Gasteiger partial charge in [-0.25, -0.2) is 4.39 Å². The Labute approximate surface area is 127 Å². The molecular formula is C16H15ClFNO2. The number of amides is 1. The van der Waals surface area contributed by atoms with E-state index in [1.807, 2.05) is 31.2 Å². The maximum absolute atomic E-state index is 13.2. The molecular weight excluding hydrogens is 293 g/mol. The fourth-order valence-corrected chi connectivity index (χ4v) is 2.09. The molecule has 0 atom stereocenters. The van der Waals surface area contributed by atoms with Crippen molar-refractivity contribution in [1.82, 2.24) is 5.32 Å². The first-order chi connectivity index (χ1) is 10.1. The van der Waals surface area contributed by atoms with Crippen LogP contribution in [0.1, 0.15) is 22.8 Å². The summed E-state index contributed by atoms with van der Waals surface area (Å²) in [4.78, 5) is 12.1. The van der Waals surface area contributed by atoms with Gasteiger partial charge in [-0.2, -0.15) is 0 Å². The Balaban J connectivity index is 2.09.